The van der Waals surface area contributed by atoms with E-state index in [1.165, 1.54) is 4.90 Å². The summed E-state index contributed by atoms with van der Waals surface area (Å²) in [5, 5.41) is 9.51. The Morgan fingerprint density at radius 3 is 2.18 bits per heavy atom. The van der Waals surface area contributed by atoms with Crippen LogP contribution in [-0.4, -0.2) is 43.8 Å². The molecular weight excluding hydrogens is 372 g/mol. The van der Waals surface area contributed by atoms with Crippen LogP contribution in [0.1, 0.15) is 34.1 Å². The Bertz CT molecular complexity index is 981. The molecule has 6 nitrogen and oxygen atoms in total. The molecular formula is C21H20N4O2S. The van der Waals surface area contributed by atoms with Crippen LogP contribution >= 0.6 is 11.8 Å². The zero-order chi connectivity index (χ0) is 19.5. The number of hydrogen-bond acceptors (Lipinski definition) is 5. The first-order valence-electron chi connectivity index (χ1n) is 9.27. The Balaban J connectivity index is 1.37. The van der Waals surface area contributed by atoms with E-state index in [2.05, 4.69) is 21.7 Å². The predicted octanol–water partition coefficient (Wildman–Crippen LogP) is 3.74. The van der Waals surface area contributed by atoms with Crippen molar-refractivity contribution >= 4 is 23.6 Å². The third-order valence-corrected chi connectivity index (χ3v) is 5.75. The van der Waals surface area contributed by atoms with Gasteiger partial charge in [-0.3, -0.25) is 14.5 Å². The molecule has 0 aliphatic carbocycles. The van der Waals surface area contributed by atoms with Crippen molar-refractivity contribution in [1.82, 2.24) is 19.7 Å². The van der Waals surface area contributed by atoms with Crippen LogP contribution in [0.25, 0.3) is 11.4 Å². The second-order valence-electron chi connectivity index (χ2n) is 6.43. The highest BCUT2D eigenvalue weighted by atomic mass is 32.2. The highest BCUT2D eigenvalue weighted by Gasteiger charge is 2.34. The molecule has 0 unspecified atom stereocenters. The summed E-state index contributed by atoms with van der Waals surface area (Å²) < 4.78 is 2.09. The van der Waals surface area contributed by atoms with E-state index in [-0.39, 0.29) is 11.8 Å². The van der Waals surface area contributed by atoms with E-state index in [0.717, 1.165) is 28.8 Å². The molecule has 3 aromatic rings. The molecule has 7 heteroatoms. The van der Waals surface area contributed by atoms with E-state index >= 15 is 0 Å². The number of amides is 2. The lowest BCUT2D eigenvalue weighted by molar-refractivity contribution is 0.0655. The largest absolute Gasteiger partial charge is 0.302 e. The third-order valence-electron chi connectivity index (χ3n) is 4.70. The van der Waals surface area contributed by atoms with Crippen LogP contribution in [0.2, 0.25) is 0 Å². The molecule has 1 aromatic heterocycles. The molecule has 2 heterocycles. The Labute approximate surface area is 167 Å². The number of hydrogen-bond donors (Lipinski definition) is 0. The van der Waals surface area contributed by atoms with Crippen molar-refractivity contribution in [2.24, 2.45) is 0 Å². The van der Waals surface area contributed by atoms with E-state index in [9.17, 15) is 9.59 Å². The molecule has 2 aromatic carbocycles. The van der Waals surface area contributed by atoms with Gasteiger partial charge in [0.2, 0.25) is 0 Å². The molecule has 0 bridgehead atoms. The number of benzene rings is 2. The normalized spacial score (nSPS) is 13.2. The van der Waals surface area contributed by atoms with Gasteiger partial charge in [-0.2, -0.15) is 0 Å². The quantitative estimate of drug-likeness (QED) is 0.348. The SMILES string of the molecule is CCn1c(SCCCN2C(=O)c3ccccc3C2=O)nnc1-c1ccccc1. The van der Waals surface area contributed by atoms with Crippen LogP contribution in [0.5, 0.6) is 0 Å². The Morgan fingerprint density at radius 2 is 1.54 bits per heavy atom. The van der Waals surface area contributed by atoms with Gasteiger partial charge in [-0.15, -0.1) is 10.2 Å². The fourth-order valence-corrected chi connectivity index (χ4v) is 4.24. The molecule has 0 fully saturated rings. The zero-order valence-corrected chi connectivity index (χ0v) is 16.4. The topological polar surface area (TPSA) is 68.1 Å². The highest BCUT2D eigenvalue weighted by molar-refractivity contribution is 7.99. The van der Waals surface area contributed by atoms with Crippen LogP contribution in [-0.2, 0) is 6.54 Å². The zero-order valence-electron chi connectivity index (χ0n) is 15.5. The summed E-state index contributed by atoms with van der Waals surface area (Å²) in [4.78, 5) is 26.1. The highest BCUT2D eigenvalue weighted by Crippen LogP contribution is 2.26. The minimum atomic E-state index is -0.200. The average molecular weight is 392 g/mol. The van der Waals surface area contributed by atoms with Gasteiger partial charge in [-0.05, 0) is 25.5 Å². The van der Waals surface area contributed by atoms with Crippen molar-refractivity contribution in [1.29, 1.82) is 0 Å². The van der Waals surface area contributed by atoms with E-state index in [4.69, 9.17) is 0 Å². The van der Waals surface area contributed by atoms with E-state index in [0.29, 0.717) is 24.1 Å². The summed E-state index contributed by atoms with van der Waals surface area (Å²) in [6.45, 7) is 3.25. The number of rotatable bonds is 7. The second kappa shape index (κ2) is 7.98. The monoisotopic (exact) mass is 392 g/mol. The number of carbonyl (C=O) groups is 2. The first kappa shape index (κ1) is 18.4. The predicted molar refractivity (Wildman–Crippen MR) is 108 cm³/mol. The lowest BCUT2D eigenvalue weighted by Crippen LogP contribution is -2.31. The smallest absolute Gasteiger partial charge is 0.261 e. The second-order valence-corrected chi connectivity index (χ2v) is 7.49. The standard InChI is InChI=1S/C21H20N4O2S/c1-2-24-18(15-9-4-3-5-10-15)22-23-21(24)28-14-8-13-25-19(26)16-11-6-7-12-17(16)20(25)27/h3-7,9-12H,2,8,13-14H2,1H3. The van der Waals surface area contributed by atoms with E-state index in [1.54, 1.807) is 36.0 Å². The number of thioether (sulfide) groups is 1. The van der Waals surface area contributed by atoms with Crippen LogP contribution in [0.3, 0.4) is 0 Å². The fourth-order valence-electron chi connectivity index (χ4n) is 3.31. The maximum atomic E-state index is 12.4. The van der Waals surface area contributed by atoms with Gasteiger partial charge in [0.05, 0.1) is 11.1 Å². The minimum absolute atomic E-state index is 0.200. The molecule has 0 spiro atoms. The van der Waals surface area contributed by atoms with Gasteiger partial charge in [-0.1, -0.05) is 54.2 Å². The number of carbonyl (C=O) groups excluding carboxylic acids is 2. The maximum absolute atomic E-state index is 12.4. The molecule has 0 radical (unpaired) electrons. The van der Waals surface area contributed by atoms with E-state index in [1.807, 2.05) is 30.3 Å². The Kier molecular flexibility index (Phi) is 5.25. The number of nitrogens with zero attached hydrogens (tertiary/aromatic N) is 4. The van der Waals surface area contributed by atoms with Gasteiger partial charge < -0.3 is 4.57 Å². The number of imide groups is 1. The molecule has 1 aliphatic heterocycles. The summed E-state index contributed by atoms with van der Waals surface area (Å²) in [6, 6.07) is 17.0. The van der Waals surface area contributed by atoms with Crippen LogP contribution in [0.15, 0.2) is 59.8 Å². The van der Waals surface area contributed by atoms with Gasteiger partial charge in [0, 0.05) is 24.4 Å². The number of fused-ring (bicyclic) bond motifs is 1. The lowest BCUT2D eigenvalue weighted by atomic mass is 10.1. The van der Waals surface area contributed by atoms with Gasteiger partial charge in [-0.25, -0.2) is 0 Å². The first-order chi connectivity index (χ1) is 13.7. The third kappa shape index (κ3) is 3.33. The average Bonchev–Trinajstić information content (AvgIpc) is 3.26. The molecule has 0 N–H and O–H groups in total. The van der Waals surface area contributed by atoms with Crippen molar-refractivity contribution in [3.8, 4) is 11.4 Å². The van der Waals surface area contributed by atoms with Crippen molar-refractivity contribution in [2.45, 2.75) is 25.0 Å². The van der Waals surface area contributed by atoms with Crippen molar-refractivity contribution in [2.75, 3.05) is 12.3 Å². The maximum Gasteiger partial charge on any atom is 0.261 e. The summed E-state index contributed by atoms with van der Waals surface area (Å²) in [6.07, 6.45) is 0.702. The summed E-state index contributed by atoms with van der Waals surface area (Å²) in [5.74, 6) is 1.20. The molecule has 2 amide bonds. The molecule has 28 heavy (non-hydrogen) atoms. The molecule has 4 rings (SSSR count). The van der Waals surface area contributed by atoms with Crippen molar-refractivity contribution < 1.29 is 9.59 Å². The van der Waals surface area contributed by atoms with Crippen LogP contribution in [0, 0.1) is 0 Å². The van der Waals surface area contributed by atoms with Gasteiger partial charge >= 0.3 is 0 Å². The molecule has 1 aliphatic rings. The van der Waals surface area contributed by atoms with Gasteiger partial charge in [0.1, 0.15) is 0 Å². The Morgan fingerprint density at radius 1 is 0.893 bits per heavy atom. The Hall–Kier alpha value is -2.93. The van der Waals surface area contributed by atoms with Crippen molar-refractivity contribution in [3.63, 3.8) is 0 Å². The van der Waals surface area contributed by atoms with Crippen LogP contribution < -0.4 is 0 Å². The summed E-state index contributed by atoms with van der Waals surface area (Å²) in [7, 11) is 0. The summed E-state index contributed by atoms with van der Waals surface area (Å²) in [5.41, 5.74) is 2.03. The van der Waals surface area contributed by atoms with E-state index < -0.39 is 0 Å². The molecule has 0 atom stereocenters. The summed E-state index contributed by atoms with van der Waals surface area (Å²) >= 11 is 1.60. The van der Waals surface area contributed by atoms with Gasteiger partial charge in [0.25, 0.3) is 11.8 Å². The first-order valence-corrected chi connectivity index (χ1v) is 10.3. The lowest BCUT2D eigenvalue weighted by Gasteiger charge is -2.13. The molecule has 0 saturated carbocycles. The number of aromatic nitrogens is 3. The van der Waals surface area contributed by atoms with Crippen LogP contribution in [0.4, 0.5) is 0 Å². The van der Waals surface area contributed by atoms with Crippen molar-refractivity contribution in [3.05, 3.63) is 65.7 Å². The molecule has 0 saturated heterocycles. The molecule has 142 valence electrons. The van der Waals surface area contributed by atoms with Gasteiger partial charge in [0.15, 0.2) is 11.0 Å². The fraction of sp³-hybridized carbons (Fsp3) is 0.238. The minimum Gasteiger partial charge on any atom is -0.302 e.